The molecule has 5 amide bonds. The van der Waals surface area contributed by atoms with Gasteiger partial charge in [0.2, 0.25) is 35.8 Å². The van der Waals surface area contributed by atoms with E-state index in [9.17, 15) is 63.4 Å². The van der Waals surface area contributed by atoms with Gasteiger partial charge < -0.3 is 74.5 Å². The van der Waals surface area contributed by atoms with E-state index in [-0.39, 0.29) is 125 Å². The van der Waals surface area contributed by atoms with E-state index in [0.29, 0.717) is 19.8 Å². The van der Waals surface area contributed by atoms with E-state index < -0.39 is 69.5 Å². The number of carbonyl (C=O) groups excluding carboxylic acids is 6. The number of aliphatic carboxylic acids is 1. The number of rotatable bonds is 31. The Balaban J connectivity index is 1.27. The predicted molar refractivity (Wildman–Crippen MR) is 210 cm³/mol. The number of aliphatic hydroxyl groups excluding tert-OH is 3. The Labute approximate surface area is 361 Å². The maximum absolute atomic E-state index is 12.9. The third-order valence-electron chi connectivity index (χ3n) is 8.94. The van der Waals surface area contributed by atoms with Gasteiger partial charge in [-0.15, -0.1) is 0 Å². The van der Waals surface area contributed by atoms with Crippen molar-refractivity contribution in [3.8, 4) is 5.75 Å². The number of carboxylic acid groups (broad SMARTS) is 1. The summed E-state index contributed by atoms with van der Waals surface area (Å²) in [5.74, 6) is -4.14. The lowest BCUT2D eigenvalue weighted by molar-refractivity contribution is -0.271. The van der Waals surface area contributed by atoms with Gasteiger partial charge in [-0.2, -0.15) is 0 Å². The Hall–Kier alpha value is -4.50. The van der Waals surface area contributed by atoms with E-state index in [0.717, 1.165) is 4.90 Å². The zero-order valence-electron chi connectivity index (χ0n) is 34.5. The third kappa shape index (κ3) is 19.0. The lowest BCUT2D eigenvalue weighted by Crippen LogP contribution is -2.61. The molecule has 2 heterocycles. The van der Waals surface area contributed by atoms with Crippen LogP contribution in [0.3, 0.4) is 0 Å². The number of benzene rings is 1. The molecule has 2 aliphatic rings. The first-order chi connectivity index (χ1) is 30.0. The molecular formula is C37H55N4O21P. The molecule has 0 radical (unpaired) electrons. The third-order valence-corrected chi connectivity index (χ3v) is 9.87. The lowest BCUT2D eigenvalue weighted by Gasteiger charge is -2.38. The highest BCUT2D eigenvalue weighted by molar-refractivity contribution is 7.47. The number of carboxylic acids is 1. The van der Waals surface area contributed by atoms with Crippen LogP contribution >= 0.6 is 7.82 Å². The average molecular weight is 923 g/mol. The largest absolute Gasteiger partial charge is 0.479 e. The summed E-state index contributed by atoms with van der Waals surface area (Å²) in [6.45, 7) is 2.53. The minimum absolute atomic E-state index is 0.0246. The van der Waals surface area contributed by atoms with E-state index >= 15 is 0 Å². The molecule has 2 unspecified atom stereocenters. The number of likely N-dealkylation sites (tertiary alicyclic amines) is 1. The monoisotopic (exact) mass is 922 g/mol. The van der Waals surface area contributed by atoms with E-state index in [2.05, 4.69) is 20.5 Å². The number of phosphoric acid groups is 1. The van der Waals surface area contributed by atoms with Crippen LogP contribution < -0.4 is 20.7 Å². The fourth-order valence-corrected chi connectivity index (χ4v) is 6.29. The van der Waals surface area contributed by atoms with E-state index in [4.69, 9.17) is 32.9 Å². The molecule has 0 spiro atoms. The molecule has 2 saturated heterocycles. The standard InChI is InChI=1S/C37H55N4O21P/c1-23-20-30(46)41(35(23)50)9-5-27(43)39-8-12-56-15-17-58-19-18-57-16-14-55-11-6-28(44)38-7-4-29(45)40-25-21-24(22-60-63(53,54)59-13-10-42)2-3-26(25)61-37-33(49)31(47)32(48)34(62-37)36(51)52/h2-3,10,21,23,31-34,37,47-49H,4-9,11-20,22H2,1H3,(H,38,44)(H,39,43)(H,40,45)(H,51,52)(H,53,54)/t23?,31-,32-,33+,34-,37+/m0/s1. The maximum Gasteiger partial charge on any atom is 0.472 e. The summed E-state index contributed by atoms with van der Waals surface area (Å²) in [6.07, 6.45) is -9.59. The number of nitrogens with zero attached hydrogens (tertiary/aromatic N) is 1. The van der Waals surface area contributed by atoms with Crippen LogP contribution in [0.4, 0.5) is 5.69 Å². The summed E-state index contributed by atoms with van der Waals surface area (Å²) in [5.41, 5.74) is 0.0311. The van der Waals surface area contributed by atoms with Gasteiger partial charge in [0.05, 0.1) is 65.1 Å². The van der Waals surface area contributed by atoms with Crippen LogP contribution in [-0.4, -0.2) is 182 Å². The molecule has 2 aliphatic heterocycles. The van der Waals surface area contributed by atoms with Gasteiger partial charge in [0.15, 0.2) is 6.10 Å². The number of nitrogens with one attached hydrogen (secondary N) is 3. The van der Waals surface area contributed by atoms with Crippen molar-refractivity contribution in [1.29, 1.82) is 0 Å². The van der Waals surface area contributed by atoms with Crippen LogP contribution in [-0.2, 0) is 77.5 Å². The van der Waals surface area contributed by atoms with Crippen LogP contribution in [0.1, 0.15) is 38.2 Å². The van der Waals surface area contributed by atoms with Gasteiger partial charge >= 0.3 is 13.8 Å². The molecule has 3 rings (SSSR count). The highest BCUT2D eigenvalue weighted by atomic mass is 31.2. The number of ether oxygens (including phenoxy) is 6. The second-order valence-electron chi connectivity index (χ2n) is 13.8. The highest BCUT2D eigenvalue weighted by Gasteiger charge is 2.48. The normalized spacial score (nSPS) is 22.0. The van der Waals surface area contributed by atoms with E-state index in [1.807, 2.05) is 0 Å². The first-order valence-corrected chi connectivity index (χ1v) is 21.3. The van der Waals surface area contributed by atoms with Crippen molar-refractivity contribution in [3.05, 3.63) is 23.8 Å². The number of imide groups is 1. The summed E-state index contributed by atoms with van der Waals surface area (Å²) < 4.78 is 53.6. The fraction of sp³-hybridized carbons (Fsp3) is 0.649. The zero-order valence-corrected chi connectivity index (χ0v) is 35.4. The molecule has 0 bridgehead atoms. The van der Waals surface area contributed by atoms with Gasteiger partial charge in [0.25, 0.3) is 0 Å². The molecular weight excluding hydrogens is 867 g/mol. The first kappa shape index (κ1) is 52.8. The predicted octanol–water partition coefficient (Wildman–Crippen LogP) is -2.41. The fourth-order valence-electron chi connectivity index (χ4n) is 5.65. The molecule has 1 aromatic carbocycles. The van der Waals surface area contributed by atoms with Gasteiger partial charge in [-0.05, 0) is 17.7 Å². The molecule has 0 aliphatic carbocycles. The topological polar surface area (TPSA) is 351 Å². The smallest absolute Gasteiger partial charge is 0.472 e. The SMILES string of the molecule is CC1CC(=O)N(CCC(=O)NCCOCCOCCOCCOCCC(=O)NCCC(=O)Nc2cc(COP(=O)(O)OCC=O)ccc2O[C@@H]2O[C@H](C(=O)O)[C@@H](O)[C@H](O)[C@H]2O)C1=O. The van der Waals surface area contributed by atoms with Crippen molar-refractivity contribution in [2.75, 3.05) is 84.4 Å². The number of aldehydes is 1. The summed E-state index contributed by atoms with van der Waals surface area (Å²) in [4.78, 5) is 93.6. The zero-order chi connectivity index (χ0) is 46.4. The summed E-state index contributed by atoms with van der Waals surface area (Å²) in [7, 11) is -4.64. The Morgan fingerprint density at radius 1 is 0.825 bits per heavy atom. The Morgan fingerprint density at radius 2 is 1.44 bits per heavy atom. The number of phosphoric ester groups is 1. The van der Waals surface area contributed by atoms with Crippen molar-refractivity contribution < 1.29 is 101 Å². The molecule has 0 aromatic heterocycles. The number of carbonyl (C=O) groups is 7. The molecule has 0 saturated carbocycles. The van der Waals surface area contributed by atoms with Crippen LogP contribution in [0.15, 0.2) is 18.2 Å². The summed E-state index contributed by atoms with van der Waals surface area (Å²) in [6, 6.07) is 3.74. The second-order valence-corrected chi connectivity index (χ2v) is 15.3. The number of anilines is 1. The van der Waals surface area contributed by atoms with E-state index in [1.54, 1.807) is 6.92 Å². The van der Waals surface area contributed by atoms with E-state index in [1.165, 1.54) is 18.2 Å². The quantitative estimate of drug-likeness (QED) is 0.0166. The van der Waals surface area contributed by atoms with Gasteiger partial charge in [-0.3, -0.25) is 37.9 Å². The minimum atomic E-state index is -4.64. The molecule has 7 atom stereocenters. The van der Waals surface area contributed by atoms with Crippen molar-refractivity contribution in [2.45, 2.75) is 69.9 Å². The van der Waals surface area contributed by atoms with Crippen molar-refractivity contribution in [1.82, 2.24) is 15.5 Å². The van der Waals surface area contributed by atoms with Gasteiger partial charge in [0, 0.05) is 51.2 Å². The molecule has 2 fully saturated rings. The first-order valence-electron chi connectivity index (χ1n) is 19.8. The molecule has 354 valence electrons. The second kappa shape index (κ2) is 27.6. The molecule has 25 nitrogen and oxygen atoms in total. The van der Waals surface area contributed by atoms with Gasteiger partial charge in [-0.1, -0.05) is 13.0 Å². The van der Waals surface area contributed by atoms with Gasteiger partial charge in [-0.25, -0.2) is 9.36 Å². The summed E-state index contributed by atoms with van der Waals surface area (Å²) in [5, 5.41) is 47.6. The van der Waals surface area contributed by atoms with Crippen LogP contribution in [0.25, 0.3) is 0 Å². The number of amides is 5. The van der Waals surface area contributed by atoms with Crippen LogP contribution in [0.2, 0.25) is 0 Å². The average Bonchev–Trinajstić information content (AvgIpc) is 3.48. The van der Waals surface area contributed by atoms with Gasteiger partial charge in [0.1, 0.15) is 37.0 Å². The Kier molecular flexibility index (Phi) is 23.2. The highest BCUT2D eigenvalue weighted by Crippen LogP contribution is 2.44. The molecule has 1 aromatic rings. The molecule has 26 heteroatoms. The van der Waals surface area contributed by atoms with Crippen molar-refractivity contribution >= 4 is 55.3 Å². The minimum Gasteiger partial charge on any atom is -0.479 e. The number of hydrogen-bond donors (Lipinski definition) is 8. The number of hydrogen-bond acceptors (Lipinski definition) is 19. The maximum atomic E-state index is 12.9. The lowest BCUT2D eigenvalue weighted by atomic mass is 9.99. The molecule has 63 heavy (non-hydrogen) atoms. The Bertz CT molecular complexity index is 1740. The van der Waals surface area contributed by atoms with Crippen LogP contribution in [0.5, 0.6) is 5.75 Å². The van der Waals surface area contributed by atoms with Crippen molar-refractivity contribution in [3.63, 3.8) is 0 Å². The van der Waals surface area contributed by atoms with Crippen molar-refractivity contribution in [2.24, 2.45) is 5.92 Å². The summed E-state index contributed by atoms with van der Waals surface area (Å²) >= 11 is 0. The molecule has 8 N–H and O–H groups in total. The Morgan fingerprint density at radius 3 is 2.06 bits per heavy atom. The van der Waals surface area contributed by atoms with Crippen LogP contribution in [0, 0.1) is 5.92 Å². The number of aliphatic hydroxyl groups is 3.